The van der Waals surface area contributed by atoms with Crippen LogP contribution in [-0.2, 0) is 6.61 Å². The third-order valence-corrected chi connectivity index (χ3v) is 2.13. The molecule has 0 fully saturated rings. The SMILES string of the molecule is Cc1cc2cc(CO)[nH]c2cc1F. The lowest BCUT2D eigenvalue weighted by Crippen LogP contribution is -1.81. The second-order valence-electron chi connectivity index (χ2n) is 3.14. The number of fused-ring (bicyclic) bond motifs is 1. The van der Waals surface area contributed by atoms with E-state index in [4.69, 9.17) is 5.11 Å². The highest BCUT2D eigenvalue weighted by atomic mass is 19.1. The standard InChI is InChI=1S/C10H10FNO/c1-6-2-7-3-8(5-13)12-10(7)4-9(6)11/h2-4,12-13H,5H2,1H3. The molecule has 0 bridgehead atoms. The molecule has 0 spiro atoms. The van der Waals surface area contributed by atoms with Gasteiger partial charge in [0, 0.05) is 16.6 Å². The summed E-state index contributed by atoms with van der Waals surface area (Å²) < 4.78 is 13.1. The van der Waals surface area contributed by atoms with Crippen LogP contribution in [0, 0.1) is 12.7 Å². The maximum absolute atomic E-state index is 13.1. The summed E-state index contributed by atoms with van der Waals surface area (Å²) in [6.07, 6.45) is 0. The molecule has 2 rings (SSSR count). The average Bonchev–Trinajstić information content (AvgIpc) is 2.48. The third-order valence-electron chi connectivity index (χ3n) is 2.13. The summed E-state index contributed by atoms with van der Waals surface area (Å²) in [5, 5.41) is 9.79. The number of hydrogen-bond donors (Lipinski definition) is 2. The van der Waals surface area contributed by atoms with Gasteiger partial charge in [0.05, 0.1) is 6.61 Å². The van der Waals surface area contributed by atoms with Crippen LogP contribution < -0.4 is 0 Å². The number of hydrogen-bond acceptors (Lipinski definition) is 1. The van der Waals surface area contributed by atoms with Gasteiger partial charge in [-0.15, -0.1) is 0 Å². The average molecular weight is 179 g/mol. The molecule has 0 radical (unpaired) electrons. The van der Waals surface area contributed by atoms with E-state index < -0.39 is 0 Å². The lowest BCUT2D eigenvalue weighted by atomic mass is 10.2. The number of aliphatic hydroxyl groups is 1. The highest BCUT2D eigenvalue weighted by molar-refractivity contribution is 5.81. The molecule has 1 aromatic carbocycles. The van der Waals surface area contributed by atoms with Crippen molar-refractivity contribution in [2.24, 2.45) is 0 Å². The zero-order valence-corrected chi connectivity index (χ0v) is 7.26. The monoisotopic (exact) mass is 179 g/mol. The normalized spacial score (nSPS) is 11.0. The van der Waals surface area contributed by atoms with Gasteiger partial charge in [0.15, 0.2) is 0 Å². The molecule has 0 saturated heterocycles. The molecule has 0 aliphatic carbocycles. The van der Waals surface area contributed by atoms with E-state index in [1.165, 1.54) is 6.07 Å². The Bertz CT molecular complexity index is 408. The van der Waals surface area contributed by atoms with E-state index in [1.807, 2.05) is 6.07 Å². The Hall–Kier alpha value is -1.35. The molecule has 68 valence electrons. The largest absolute Gasteiger partial charge is 0.390 e. The Labute approximate surface area is 75.0 Å². The van der Waals surface area contributed by atoms with E-state index in [1.54, 1.807) is 13.0 Å². The van der Waals surface area contributed by atoms with Crippen molar-refractivity contribution in [3.05, 3.63) is 35.3 Å². The molecule has 13 heavy (non-hydrogen) atoms. The zero-order valence-electron chi connectivity index (χ0n) is 7.26. The van der Waals surface area contributed by atoms with Crippen molar-refractivity contribution in [2.75, 3.05) is 0 Å². The van der Waals surface area contributed by atoms with Gasteiger partial charge >= 0.3 is 0 Å². The Balaban J connectivity index is 2.70. The summed E-state index contributed by atoms with van der Waals surface area (Å²) in [5.74, 6) is -0.223. The smallest absolute Gasteiger partial charge is 0.128 e. The van der Waals surface area contributed by atoms with Gasteiger partial charge in [-0.1, -0.05) is 0 Å². The molecule has 3 heteroatoms. The second-order valence-corrected chi connectivity index (χ2v) is 3.14. The number of nitrogens with one attached hydrogen (secondary N) is 1. The second kappa shape index (κ2) is 2.85. The Kier molecular flexibility index (Phi) is 1.81. The minimum Gasteiger partial charge on any atom is -0.390 e. The lowest BCUT2D eigenvalue weighted by Gasteiger charge is -1.94. The molecule has 0 amide bonds. The van der Waals surface area contributed by atoms with E-state index in [0.717, 1.165) is 10.9 Å². The van der Waals surface area contributed by atoms with Crippen molar-refractivity contribution in [3.8, 4) is 0 Å². The van der Waals surface area contributed by atoms with Crippen LogP contribution in [0.4, 0.5) is 4.39 Å². The van der Waals surface area contributed by atoms with Crippen LogP contribution in [0.1, 0.15) is 11.3 Å². The molecule has 0 unspecified atom stereocenters. The van der Waals surface area contributed by atoms with Gasteiger partial charge in [-0.3, -0.25) is 0 Å². The number of rotatable bonds is 1. The summed E-state index contributed by atoms with van der Waals surface area (Å²) in [7, 11) is 0. The first kappa shape index (κ1) is 8.26. The summed E-state index contributed by atoms with van der Waals surface area (Å²) >= 11 is 0. The van der Waals surface area contributed by atoms with Crippen LogP contribution in [-0.4, -0.2) is 10.1 Å². The van der Waals surface area contributed by atoms with E-state index in [0.29, 0.717) is 11.3 Å². The number of aryl methyl sites for hydroxylation is 1. The molecule has 0 aliphatic heterocycles. The summed E-state index contributed by atoms with van der Waals surface area (Å²) in [6, 6.07) is 5.03. The van der Waals surface area contributed by atoms with Crippen LogP contribution in [0.25, 0.3) is 10.9 Å². The van der Waals surface area contributed by atoms with Crippen molar-refractivity contribution < 1.29 is 9.50 Å². The van der Waals surface area contributed by atoms with E-state index in [9.17, 15) is 4.39 Å². The first-order valence-corrected chi connectivity index (χ1v) is 4.09. The Morgan fingerprint density at radius 3 is 2.85 bits per heavy atom. The molecule has 2 N–H and O–H groups in total. The Morgan fingerprint density at radius 2 is 2.15 bits per heavy atom. The van der Waals surface area contributed by atoms with Gasteiger partial charge in [-0.2, -0.15) is 0 Å². The highest BCUT2D eigenvalue weighted by Crippen LogP contribution is 2.19. The van der Waals surface area contributed by atoms with E-state index >= 15 is 0 Å². The lowest BCUT2D eigenvalue weighted by molar-refractivity contribution is 0.278. The van der Waals surface area contributed by atoms with Gasteiger partial charge in [-0.05, 0) is 30.7 Å². The fourth-order valence-corrected chi connectivity index (χ4v) is 1.41. The van der Waals surface area contributed by atoms with Crippen molar-refractivity contribution >= 4 is 10.9 Å². The number of halogens is 1. The number of aliphatic hydroxyl groups excluding tert-OH is 1. The predicted molar refractivity (Wildman–Crippen MR) is 48.9 cm³/mol. The molecule has 0 atom stereocenters. The van der Waals surface area contributed by atoms with Crippen molar-refractivity contribution in [1.82, 2.24) is 4.98 Å². The van der Waals surface area contributed by atoms with Gasteiger partial charge in [0.1, 0.15) is 5.82 Å². The molecule has 1 aromatic heterocycles. The number of H-pyrrole nitrogens is 1. The molecule has 0 aliphatic rings. The van der Waals surface area contributed by atoms with E-state index in [2.05, 4.69) is 4.98 Å². The molecule has 2 aromatic rings. The fourth-order valence-electron chi connectivity index (χ4n) is 1.41. The van der Waals surface area contributed by atoms with E-state index in [-0.39, 0.29) is 12.4 Å². The maximum atomic E-state index is 13.1. The minimum atomic E-state index is -0.223. The minimum absolute atomic E-state index is 0.0463. The molecule has 1 heterocycles. The van der Waals surface area contributed by atoms with Crippen molar-refractivity contribution in [3.63, 3.8) is 0 Å². The summed E-state index contributed by atoms with van der Waals surface area (Å²) in [4.78, 5) is 2.92. The van der Waals surface area contributed by atoms with Crippen LogP contribution in [0.2, 0.25) is 0 Å². The van der Waals surface area contributed by atoms with Crippen LogP contribution in [0.5, 0.6) is 0 Å². The Morgan fingerprint density at radius 1 is 1.38 bits per heavy atom. The molecule has 0 saturated carbocycles. The first-order chi connectivity index (χ1) is 6.20. The maximum Gasteiger partial charge on any atom is 0.128 e. The predicted octanol–water partition coefficient (Wildman–Crippen LogP) is 2.11. The molecular weight excluding hydrogens is 169 g/mol. The quantitative estimate of drug-likeness (QED) is 0.691. The fraction of sp³-hybridized carbons (Fsp3) is 0.200. The van der Waals surface area contributed by atoms with Crippen LogP contribution >= 0.6 is 0 Å². The summed E-state index contributed by atoms with van der Waals surface area (Å²) in [6.45, 7) is 1.68. The third kappa shape index (κ3) is 1.31. The van der Waals surface area contributed by atoms with Gasteiger partial charge in [0.25, 0.3) is 0 Å². The zero-order chi connectivity index (χ0) is 9.42. The highest BCUT2D eigenvalue weighted by Gasteiger charge is 2.03. The van der Waals surface area contributed by atoms with Gasteiger partial charge in [0.2, 0.25) is 0 Å². The topological polar surface area (TPSA) is 36.0 Å². The van der Waals surface area contributed by atoms with Crippen molar-refractivity contribution in [2.45, 2.75) is 13.5 Å². The summed E-state index contributed by atoms with van der Waals surface area (Å²) in [5.41, 5.74) is 2.06. The van der Waals surface area contributed by atoms with Crippen LogP contribution in [0.3, 0.4) is 0 Å². The number of aromatic nitrogens is 1. The van der Waals surface area contributed by atoms with Gasteiger partial charge in [-0.25, -0.2) is 4.39 Å². The number of aromatic amines is 1. The molecular formula is C10H10FNO. The van der Waals surface area contributed by atoms with Gasteiger partial charge < -0.3 is 10.1 Å². The number of benzene rings is 1. The van der Waals surface area contributed by atoms with Crippen LogP contribution in [0.15, 0.2) is 18.2 Å². The van der Waals surface area contributed by atoms with Crippen molar-refractivity contribution in [1.29, 1.82) is 0 Å². The molecule has 2 nitrogen and oxygen atoms in total. The first-order valence-electron chi connectivity index (χ1n) is 4.09.